The second kappa shape index (κ2) is 8.64. The van der Waals surface area contributed by atoms with E-state index in [1.807, 2.05) is 43.3 Å². The molecule has 0 spiro atoms. The van der Waals surface area contributed by atoms with Crippen LogP contribution in [0, 0.1) is 6.92 Å². The van der Waals surface area contributed by atoms with Gasteiger partial charge in [0.15, 0.2) is 0 Å². The maximum Gasteiger partial charge on any atom is 0.328 e. The Labute approximate surface area is 146 Å². The number of hydrogen-bond donors (Lipinski definition) is 1. The van der Waals surface area contributed by atoms with Crippen LogP contribution in [0.5, 0.6) is 0 Å². The average Bonchev–Trinajstić information content (AvgIpc) is 2.96. The Balaban J connectivity index is 2.12. The minimum absolute atomic E-state index is 0.225. The zero-order valence-corrected chi connectivity index (χ0v) is 15.1. The van der Waals surface area contributed by atoms with E-state index in [1.54, 1.807) is 0 Å². The van der Waals surface area contributed by atoms with Crippen molar-refractivity contribution < 1.29 is 14.3 Å². The second-order valence-electron chi connectivity index (χ2n) is 5.68. The van der Waals surface area contributed by atoms with Gasteiger partial charge in [-0.3, -0.25) is 4.79 Å². The van der Waals surface area contributed by atoms with Crippen molar-refractivity contribution in [2.24, 2.45) is 0 Å². The van der Waals surface area contributed by atoms with Gasteiger partial charge < -0.3 is 10.1 Å². The van der Waals surface area contributed by atoms with Crippen molar-refractivity contribution in [1.29, 1.82) is 0 Å². The lowest BCUT2D eigenvalue weighted by Gasteiger charge is -2.16. The molecule has 0 radical (unpaired) electrons. The predicted molar refractivity (Wildman–Crippen MR) is 96.5 cm³/mol. The molecule has 24 heavy (non-hydrogen) atoms. The van der Waals surface area contributed by atoms with E-state index in [0.717, 1.165) is 23.3 Å². The fraction of sp³-hybridized carbons (Fsp3) is 0.368. The number of amides is 1. The van der Waals surface area contributed by atoms with Crippen molar-refractivity contribution >= 4 is 23.2 Å². The molecule has 2 aromatic rings. The van der Waals surface area contributed by atoms with Crippen molar-refractivity contribution in [3.8, 4) is 0 Å². The number of carbonyl (C=O) groups is 2. The summed E-state index contributed by atoms with van der Waals surface area (Å²) < 4.78 is 4.84. The number of esters is 1. The minimum atomic E-state index is -0.693. The molecule has 0 saturated heterocycles. The maximum atomic E-state index is 12.5. The topological polar surface area (TPSA) is 55.4 Å². The Bertz CT molecular complexity index is 694. The van der Waals surface area contributed by atoms with Gasteiger partial charge in [-0.25, -0.2) is 4.79 Å². The van der Waals surface area contributed by atoms with Crippen LogP contribution >= 0.6 is 11.3 Å². The third-order valence-electron chi connectivity index (χ3n) is 3.84. The van der Waals surface area contributed by atoms with Crippen LogP contribution in [0.1, 0.15) is 39.0 Å². The van der Waals surface area contributed by atoms with E-state index in [2.05, 4.69) is 12.2 Å². The molecule has 0 saturated carbocycles. The molecule has 0 bridgehead atoms. The number of hydrogen-bond acceptors (Lipinski definition) is 4. The first-order chi connectivity index (χ1) is 11.5. The molecule has 4 nitrogen and oxygen atoms in total. The fourth-order valence-corrected chi connectivity index (χ4v) is 3.54. The van der Waals surface area contributed by atoms with Crippen LogP contribution < -0.4 is 5.32 Å². The molecule has 2 rings (SSSR count). The largest absolute Gasteiger partial charge is 0.467 e. The molecule has 0 aliphatic rings. The molecule has 0 unspecified atom stereocenters. The molecule has 1 amide bonds. The summed E-state index contributed by atoms with van der Waals surface area (Å²) in [6.45, 7) is 4.14. The quantitative estimate of drug-likeness (QED) is 0.781. The number of benzene rings is 1. The van der Waals surface area contributed by atoms with Gasteiger partial charge in [-0.15, -0.1) is 11.3 Å². The molecule has 1 aromatic carbocycles. The van der Waals surface area contributed by atoms with Gasteiger partial charge >= 0.3 is 5.97 Å². The Kier molecular flexibility index (Phi) is 6.55. The molecule has 1 aromatic heterocycles. The van der Waals surface area contributed by atoms with Crippen LogP contribution in [0.3, 0.4) is 0 Å². The van der Waals surface area contributed by atoms with E-state index < -0.39 is 12.0 Å². The normalized spacial score (nSPS) is 11.8. The van der Waals surface area contributed by atoms with Crippen molar-refractivity contribution in [2.45, 2.75) is 39.2 Å². The number of aryl methyl sites for hydroxylation is 2. The van der Waals surface area contributed by atoms with Gasteiger partial charge in [0, 0.05) is 11.3 Å². The predicted octanol–water partition coefficient (Wildman–Crippen LogP) is 3.52. The van der Waals surface area contributed by atoms with Gasteiger partial charge in [0.1, 0.15) is 6.04 Å². The molecule has 128 valence electrons. The lowest BCUT2D eigenvalue weighted by Crippen LogP contribution is -2.42. The number of methoxy groups -OCH3 is 1. The first-order valence-electron chi connectivity index (χ1n) is 8.07. The first-order valence-corrected chi connectivity index (χ1v) is 8.88. The van der Waals surface area contributed by atoms with E-state index in [9.17, 15) is 9.59 Å². The average molecular weight is 345 g/mol. The number of nitrogens with one attached hydrogen (secondary N) is 1. The fourth-order valence-electron chi connectivity index (χ4n) is 2.56. The Morgan fingerprint density at radius 2 is 1.96 bits per heavy atom. The van der Waals surface area contributed by atoms with Gasteiger partial charge in [0.05, 0.1) is 12.0 Å². The monoisotopic (exact) mass is 345 g/mol. The third kappa shape index (κ3) is 4.68. The third-order valence-corrected chi connectivity index (χ3v) is 4.93. The van der Waals surface area contributed by atoms with Crippen LogP contribution in [0.2, 0.25) is 0 Å². The summed E-state index contributed by atoms with van der Waals surface area (Å²) >= 11 is 1.47. The molecule has 0 fully saturated rings. The molecular formula is C19H23NO3S. The van der Waals surface area contributed by atoms with Crippen molar-refractivity contribution in [3.63, 3.8) is 0 Å². The number of ether oxygens (including phenoxy) is 1. The molecular weight excluding hydrogens is 322 g/mol. The zero-order valence-electron chi connectivity index (χ0n) is 14.3. The summed E-state index contributed by atoms with van der Waals surface area (Å²) in [5.74, 6) is -0.661. The van der Waals surface area contributed by atoms with Crippen LogP contribution in [-0.2, 0) is 22.4 Å². The maximum absolute atomic E-state index is 12.5. The van der Waals surface area contributed by atoms with E-state index in [1.165, 1.54) is 24.0 Å². The zero-order chi connectivity index (χ0) is 17.5. The second-order valence-corrected chi connectivity index (χ2v) is 6.94. The highest BCUT2D eigenvalue weighted by Gasteiger charge is 2.23. The molecule has 1 N–H and O–H groups in total. The van der Waals surface area contributed by atoms with Crippen LogP contribution in [-0.4, -0.2) is 25.0 Å². The standard InChI is InChI=1S/C19H23NO3S/c1-4-8-15-12-17(24-13(15)2)18(21)20-16(19(22)23-3)11-14-9-6-5-7-10-14/h5-7,9-10,12,16H,4,8,11H2,1-3H3,(H,20,21)/t16-/m1/s1. The Hall–Kier alpha value is -2.14. The van der Waals surface area contributed by atoms with Gasteiger partial charge in [-0.2, -0.15) is 0 Å². The van der Waals surface area contributed by atoms with Gasteiger partial charge in [0.25, 0.3) is 5.91 Å². The van der Waals surface area contributed by atoms with Crippen LogP contribution in [0.25, 0.3) is 0 Å². The Morgan fingerprint density at radius 3 is 2.58 bits per heavy atom. The van der Waals surface area contributed by atoms with Crippen LogP contribution in [0.4, 0.5) is 0 Å². The number of carbonyl (C=O) groups excluding carboxylic acids is 2. The molecule has 1 atom stereocenters. The molecule has 1 heterocycles. The highest BCUT2D eigenvalue weighted by Crippen LogP contribution is 2.23. The lowest BCUT2D eigenvalue weighted by molar-refractivity contribution is -0.142. The number of rotatable bonds is 7. The summed E-state index contributed by atoms with van der Waals surface area (Å²) in [5, 5.41) is 2.81. The number of thiophene rings is 1. The molecule has 0 aliphatic carbocycles. The van der Waals surface area contributed by atoms with Crippen molar-refractivity contribution in [2.75, 3.05) is 7.11 Å². The van der Waals surface area contributed by atoms with Gasteiger partial charge in [-0.05, 0) is 30.5 Å². The van der Waals surface area contributed by atoms with E-state index >= 15 is 0 Å². The van der Waals surface area contributed by atoms with Crippen LogP contribution in [0.15, 0.2) is 36.4 Å². The Morgan fingerprint density at radius 1 is 1.25 bits per heavy atom. The van der Waals surface area contributed by atoms with Crippen molar-refractivity contribution in [3.05, 3.63) is 57.3 Å². The van der Waals surface area contributed by atoms with E-state index in [-0.39, 0.29) is 5.91 Å². The summed E-state index contributed by atoms with van der Waals surface area (Å²) in [6, 6.07) is 10.8. The summed E-state index contributed by atoms with van der Waals surface area (Å²) in [5.41, 5.74) is 2.17. The van der Waals surface area contributed by atoms with Crippen molar-refractivity contribution in [1.82, 2.24) is 5.32 Å². The van der Waals surface area contributed by atoms with Gasteiger partial charge in [0.2, 0.25) is 0 Å². The summed E-state index contributed by atoms with van der Waals surface area (Å²) in [6.07, 6.45) is 2.41. The lowest BCUT2D eigenvalue weighted by atomic mass is 10.1. The minimum Gasteiger partial charge on any atom is -0.467 e. The van der Waals surface area contributed by atoms with E-state index in [4.69, 9.17) is 4.74 Å². The smallest absolute Gasteiger partial charge is 0.328 e. The summed E-state index contributed by atoms with van der Waals surface area (Å²) in [4.78, 5) is 26.3. The highest BCUT2D eigenvalue weighted by atomic mass is 32.1. The molecule has 0 aliphatic heterocycles. The first kappa shape index (κ1) is 18.2. The van der Waals surface area contributed by atoms with Gasteiger partial charge in [-0.1, -0.05) is 43.7 Å². The SMILES string of the molecule is CCCc1cc(C(=O)N[C@H](Cc2ccccc2)C(=O)OC)sc1C. The highest BCUT2D eigenvalue weighted by molar-refractivity contribution is 7.14. The molecule has 5 heteroatoms. The van der Waals surface area contributed by atoms with E-state index in [0.29, 0.717) is 11.3 Å². The summed E-state index contributed by atoms with van der Waals surface area (Å²) in [7, 11) is 1.33.